The highest BCUT2D eigenvalue weighted by Crippen LogP contribution is 2.64. The quantitative estimate of drug-likeness (QED) is 0.598. The molecule has 4 rings (SSSR count). The van der Waals surface area contributed by atoms with Gasteiger partial charge in [-0.2, -0.15) is 0 Å². The lowest BCUT2D eigenvalue weighted by Gasteiger charge is -2.36. The second-order valence-corrected chi connectivity index (χ2v) is 9.73. The Bertz CT molecular complexity index is 956. The molecule has 2 atom stereocenters. The summed E-state index contributed by atoms with van der Waals surface area (Å²) in [6.07, 6.45) is 1.73. The number of hydrogen-bond acceptors (Lipinski definition) is 7. The summed E-state index contributed by atoms with van der Waals surface area (Å²) in [5.41, 5.74) is -1.99. The predicted octanol–water partition coefficient (Wildman–Crippen LogP) is 2.46. The van der Waals surface area contributed by atoms with E-state index in [4.69, 9.17) is 9.47 Å². The van der Waals surface area contributed by atoms with Crippen molar-refractivity contribution in [2.24, 2.45) is 16.7 Å². The molecule has 3 aliphatic rings. The van der Waals surface area contributed by atoms with Gasteiger partial charge in [-0.05, 0) is 24.2 Å². The normalized spacial score (nSPS) is 27.8. The number of ether oxygens (including phenoxy) is 2. The third-order valence-electron chi connectivity index (χ3n) is 6.53. The molecule has 9 nitrogen and oxygen atoms in total. The Morgan fingerprint density at radius 2 is 1.96 bits per heavy atom. The highest BCUT2D eigenvalue weighted by atomic mass is 32.2. The number of ketones is 1. The predicted molar refractivity (Wildman–Crippen MR) is 95.2 cm³/mol. The smallest absolute Gasteiger partial charge is 0.297 e. The van der Waals surface area contributed by atoms with Crippen LogP contribution >= 0.6 is 0 Å². The van der Waals surface area contributed by atoms with Crippen LogP contribution in [-0.2, 0) is 14.8 Å². The molecule has 1 aromatic rings. The lowest BCUT2D eigenvalue weighted by Crippen LogP contribution is -2.43. The lowest BCUT2D eigenvalue weighted by atomic mass is 9.70. The molecule has 1 N–H and O–H groups in total. The zero-order valence-electron chi connectivity index (χ0n) is 15.0. The number of benzene rings is 1. The van der Waals surface area contributed by atoms with Crippen LogP contribution in [-0.4, -0.2) is 31.7 Å². The van der Waals surface area contributed by atoms with Gasteiger partial charge >= 0.3 is 0 Å². The Morgan fingerprint density at radius 1 is 1.30 bits per heavy atom. The van der Waals surface area contributed by atoms with Crippen LogP contribution in [0.2, 0.25) is 0 Å². The van der Waals surface area contributed by atoms with Gasteiger partial charge in [0.1, 0.15) is 11.5 Å². The van der Waals surface area contributed by atoms with Gasteiger partial charge in [0.25, 0.3) is 5.69 Å². The summed E-state index contributed by atoms with van der Waals surface area (Å²) >= 11 is 0. The first-order valence-electron chi connectivity index (χ1n) is 8.68. The summed E-state index contributed by atoms with van der Waals surface area (Å²) in [5.74, 6) is 0.187. The zero-order chi connectivity index (χ0) is 19.6. The number of sulfonamides is 1. The van der Waals surface area contributed by atoms with Crippen LogP contribution in [0.3, 0.4) is 0 Å². The van der Waals surface area contributed by atoms with Crippen molar-refractivity contribution in [1.82, 2.24) is 0 Å². The van der Waals surface area contributed by atoms with Crippen molar-refractivity contribution in [3.8, 4) is 11.5 Å². The van der Waals surface area contributed by atoms with Crippen molar-refractivity contribution in [2.45, 2.75) is 33.1 Å². The number of carbonyl (C=O) groups is 1. The van der Waals surface area contributed by atoms with E-state index in [0.717, 1.165) is 12.5 Å². The van der Waals surface area contributed by atoms with Crippen LogP contribution in [0.5, 0.6) is 11.5 Å². The number of carbonyl (C=O) groups excluding carboxylic acids is 1. The summed E-state index contributed by atoms with van der Waals surface area (Å²) in [4.78, 5) is 23.3. The van der Waals surface area contributed by atoms with Crippen LogP contribution in [0.4, 0.5) is 11.4 Å². The molecule has 0 saturated heterocycles. The fraction of sp³-hybridized carbons (Fsp3) is 0.588. The van der Waals surface area contributed by atoms with Gasteiger partial charge in [0.05, 0.1) is 22.2 Å². The van der Waals surface area contributed by atoms with Crippen LogP contribution in [0.1, 0.15) is 33.1 Å². The highest BCUT2D eigenvalue weighted by Gasteiger charge is 2.65. The Balaban J connectivity index is 1.67. The number of nitrogens with zero attached hydrogens (tertiary/aromatic N) is 1. The maximum atomic E-state index is 12.9. The molecule has 1 heterocycles. The molecule has 1 aliphatic heterocycles. The van der Waals surface area contributed by atoms with E-state index in [9.17, 15) is 23.3 Å². The summed E-state index contributed by atoms with van der Waals surface area (Å²) < 4.78 is 38.4. The van der Waals surface area contributed by atoms with Gasteiger partial charge in [0.2, 0.25) is 16.8 Å². The molecule has 2 fully saturated rings. The monoisotopic (exact) mass is 396 g/mol. The zero-order valence-corrected chi connectivity index (χ0v) is 15.8. The molecule has 0 amide bonds. The Kier molecular flexibility index (Phi) is 3.72. The van der Waals surface area contributed by atoms with Crippen molar-refractivity contribution in [1.29, 1.82) is 0 Å². The first-order valence-corrected chi connectivity index (χ1v) is 10.3. The summed E-state index contributed by atoms with van der Waals surface area (Å²) in [6.45, 7) is 3.79. The molecule has 0 aromatic heterocycles. The third-order valence-corrected chi connectivity index (χ3v) is 7.93. The summed E-state index contributed by atoms with van der Waals surface area (Å²) in [6, 6.07) is 2.38. The molecular formula is C17H20N2O7S. The van der Waals surface area contributed by atoms with E-state index in [2.05, 4.69) is 4.72 Å². The van der Waals surface area contributed by atoms with E-state index in [0.29, 0.717) is 12.8 Å². The summed E-state index contributed by atoms with van der Waals surface area (Å²) in [7, 11) is -4.01. The van der Waals surface area contributed by atoms with Crippen molar-refractivity contribution < 1.29 is 27.6 Å². The van der Waals surface area contributed by atoms with E-state index in [-0.39, 0.29) is 41.4 Å². The Hall–Kier alpha value is -2.36. The first-order chi connectivity index (χ1) is 12.6. The van der Waals surface area contributed by atoms with Crippen LogP contribution < -0.4 is 14.2 Å². The first kappa shape index (κ1) is 18.0. The molecule has 2 bridgehead atoms. The number of nitro benzene ring substituents is 1. The molecule has 27 heavy (non-hydrogen) atoms. The number of anilines is 1. The van der Waals surface area contributed by atoms with Gasteiger partial charge in [0, 0.05) is 12.5 Å². The number of nitrogens with one attached hydrogen (secondary N) is 1. The van der Waals surface area contributed by atoms with Gasteiger partial charge < -0.3 is 9.47 Å². The van der Waals surface area contributed by atoms with E-state index in [1.807, 2.05) is 13.8 Å². The maximum Gasteiger partial charge on any atom is 0.297 e. The molecule has 10 heteroatoms. The third kappa shape index (κ3) is 2.57. The Morgan fingerprint density at radius 3 is 2.52 bits per heavy atom. The van der Waals surface area contributed by atoms with E-state index in [1.54, 1.807) is 0 Å². The number of Topliss-reactive ketones (excluding diaryl/α,β-unsaturated/α-hetero) is 1. The van der Waals surface area contributed by atoms with Crippen molar-refractivity contribution in [2.75, 3.05) is 17.3 Å². The molecule has 0 unspecified atom stereocenters. The number of nitro groups is 1. The van der Waals surface area contributed by atoms with Gasteiger partial charge in [-0.15, -0.1) is 0 Å². The number of rotatable bonds is 5. The van der Waals surface area contributed by atoms with Crippen molar-refractivity contribution in [3.63, 3.8) is 0 Å². The van der Waals surface area contributed by atoms with Gasteiger partial charge in [0.15, 0.2) is 11.5 Å². The molecular weight excluding hydrogens is 376 g/mol. The maximum absolute atomic E-state index is 12.9. The minimum Gasteiger partial charge on any atom is -0.454 e. The fourth-order valence-corrected chi connectivity index (χ4v) is 6.70. The minimum absolute atomic E-state index is 0.0330. The topological polar surface area (TPSA) is 125 Å². The van der Waals surface area contributed by atoms with Crippen molar-refractivity contribution in [3.05, 3.63) is 22.2 Å². The van der Waals surface area contributed by atoms with E-state index in [1.165, 1.54) is 6.07 Å². The van der Waals surface area contributed by atoms with Crippen LogP contribution in [0.15, 0.2) is 12.1 Å². The molecule has 1 aromatic carbocycles. The SMILES string of the molecule is CC1(C)[C@H]2CC[C@@]1(CS(=O)(=O)Nc1cc3c(cc1[N+](=O)[O-])OCO3)C(=O)C2. The van der Waals surface area contributed by atoms with Crippen LogP contribution in [0, 0.1) is 26.9 Å². The molecule has 0 radical (unpaired) electrons. The van der Waals surface area contributed by atoms with Crippen molar-refractivity contribution >= 4 is 27.2 Å². The average molecular weight is 396 g/mol. The lowest BCUT2D eigenvalue weighted by molar-refractivity contribution is -0.383. The molecule has 2 aliphatic carbocycles. The van der Waals surface area contributed by atoms with Crippen LogP contribution in [0.25, 0.3) is 0 Å². The van der Waals surface area contributed by atoms with Gasteiger partial charge in [-0.1, -0.05) is 13.8 Å². The molecule has 146 valence electrons. The fourth-order valence-electron chi connectivity index (χ4n) is 4.80. The van der Waals surface area contributed by atoms with E-state index < -0.39 is 31.5 Å². The number of fused-ring (bicyclic) bond motifs is 3. The second-order valence-electron chi connectivity index (χ2n) is 8.01. The summed E-state index contributed by atoms with van der Waals surface area (Å²) in [5, 5.41) is 11.4. The minimum atomic E-state index is -4.01. The largest absolute Gasteiger partial charge is 0.454 e. The van der Waals surface area contributed by atoms with Gasteiger partial charge in [-0.3, -0.25) is 19.6 Å². The molecule has 2 saturated carbocycles. The van der Waals surface area contributed by atoms with E-state index >= 15 is 0 Å². The number of hydrogen-bond donors (Lipinski definition) is 1. The average Bonchev–Trinajstić information content (AvgIpc) is 3.15. The Labute approximate surface area is 156 Å². The highest BCUT2D eigenvalue weighted by molar-refractivity contribution is 7.92. The van der Waals surface area contributed by atoms with Gasteiger partial charge in [-0.25, -0.2) is 8.42 Å². The molecule has 0 spiro atoms. The second kappa shape index (κ2) is 5.57. The standard InChI is InChI=1S/C17H20N2O7S/c1-16(2)10-3-4-17(16,15(20)5-10)8-27(23,24)18-11-6-13-14(26-9-25-13)7-12(11)19(21)22/h6-7,10,18H,3-5,8-9H2,1-2H3/t10-,17+/m0/s1.